The van der Waals surface area contributed by atoms with E-state index < -0.39 is 5.97 Å². The van der Waals surface area contributed by atoms with Crippen molar-refractivity contribution in [2.24, 2.45) is 5.92 Å². The fourth-order valence-electron chi connectivity index (χ4n) is 4.05. The van der Waals surface area contributed by atoms with Crippen LogP contribution in [0.15, 0.2) is 30.3 Å². The zero-order valence-corrected chi connectivity index (χ0v) is 13.2. The van der Waals surface area contributed by atoms with Crippen molar-refractivity contribution in [3.8, 4) is 0 Å². The van der Waals surface area contributed by atoms with Gasteiger partial charge in [-0.3, -0.25) is 9.69 Å². The van der Waals surface area contributed by atoms with Gasteiger partial charge in [-0.05, 0) is 43.8 Å². The lowest BCUT2D eigenvalue weighted by Crippen LogP contribution is -2.53. The van der Waals surface area contributed by atoms with Gasteiger partial charge >= 0.3 is 5.97 Å². The van der Waals surface area contributed by atoms with Crippen molar-refractivity contribution in [1.82, 2.24) is 9.80 Å². The first-order valence-electron chi connectivity index (χ1n) is 8.44. The van der Waals surface area contributed by atoms with Gasteiger partial charge in [0.15, 0.2) is 0 Å². The number of likely N-dealkylation sites (tertiary alicyclic amines) is 2. The third kappa shape index (κ3) is 3.87. The highest BCUT2D eigenvalue weighted by Gasteiger charge is 2.35. The number of hydrogen-bond donors (Lipinski definition) is 1. The molecule has 2 aliphatic heterocycles. The van der Waals surface area contributed by atoms with E-state index in [1.54, 1.807) is 0 Å². The largest absolute Gasteiger partial charge is 0.481 e. The predicted molar refractivity (Wildman–Crippen MR) is 86.7 cm³/mol. The van der Waals surface area contributed by atoms with Gasteiger partial charge in [0.25, 0.3) is 0 Å². The summed E-state index contributed by atoms with van der Waals surface area (Å²) >= 11 is 0. The summed E-state index contributed by atoms with van der Waals surface area (Å²) in [6, 6.07) is 11.4. The van der Waals surface area contributed by atoms with Crippen LogP contribution in [0.4, 0.5) is 0 Å². The zero-order chi connectivity index (χ0) is 15.4. The van der Waals surface area contributed by atoms with Crippen LogP contribution in [0.1, 0.15) is 31.2 Å². The number of fused-ring (bicyclic) bond motifs is 1. The number of aliphatic carboxylic acids is 1. The number of carboxylic acids is 1. The molecule has 2 atom stereocenters. The minimum Gasteiger partial charge on any atom is -0.481 e. The molecule has 120 valence electrons. The van der Waals surface area contributed by atoms with Crippen LogP contribution in [0, 0.1) is 5.92 Å². The van der Waals surface area contributed by atoms with Gasteiger partial charge in [0, 0.05) is 25.7 Å². The summed E-state index contributed by atoms with van der Waals surface area (Å²) in [7, 11) is 0. The van der Waals surface area contributed by atoms with Crippen LogP contribution in [-0.4, -0.2) is 53.1 Å². The Bertz CT molecular complexity index is 491. The second kappa shape index (κ2) is 7.25. The third-order valence-electron chi connectivity index (χ3n) is 5.14. The average molecular weight is 302 g/mol. The number of hydrogen-bond acceptors (Lipinski definition) is 3. The fourth-order valence-corrected chi connectivity index (χ4v) is 4.05. The summed E-state index contributed by atoms with van der Waals surface area (Å²) in [5.41, 5.74) is 1.40. The van der Waals surface area contributed by atoms with Crippen molar-refractivity contribution >= 4 is 5.97 Å². The smallest absolute Gasteiger partial charge is 0.304 e. The van der Waals surface area contributed by atoms with Crippen LogP contribution in [-0.2, 0) is 11.3 Å². The Hall–Kier alpha value is -1.39. The van der Waals surface area contributed by atoms with Crippen molar-refractivity contribution in [1.29, 1.82) is 0 Å². The first-order valence-corrected chi connectivity index (χ1v) is 8.44. The highest BCUT2D eigenvalue weighted by molar-refractivity contribution is 5.66. The number of piperidine rings is 2. The topological polar surface area (TPSA) is 43.8 Å². The maximum atomic E-state index is 10.7. The van der Waals surface area contributed by atoms with Crippen LogP contribution in [0.2, 0.25) is 0 Å². The monoisotopic (exact) mass is 302 g/mol. The summed E-state index contributed by atoms with van der Waals surface area (Å²) in [4.78, 5) is 15.7. The fraction of sp³-hybridized carbons (Fsp3) is 0.611. The third-order valence-corrected chi connectivity index (χ3v) is 5.14. The van der Waals surface area contributed by atoms with E-state index in [2.05, 4.69) is 40.1 Å². The second-order valence-corrected chi connectivity index (χ2v) is 6.66. The molecular weight excluding hydrogens is 276 g/mol. The molecule has 0 bridgehead atoms. The van der Waals surface area contributed by atoms with Gasteiger partial charge in [-0.1, -0.05) is 30.3 Å². The number of carbonyl (C=O) groups is 1. The van der Waals surface area contributed by atoms with E-state index in [-0.39, 0.29) is 6.42 Å². The number of carboxylic acid groups (broad SMARTS) is 1. The Kier molecular flexibility index (Phi) is 5.11. The molecule has 4 nitrogen and oxygen atoms in total. The van der Waals surface area contributed by atoms with Crippen LogP contribution >= 0.6 is 0 Å². The molecule has 1 N–H and O–H groups in total. The summed E-state index contributed by atoms with van der Waals surface area (Å²) in [6.45, 7) is 5.07. The summed E-state index contributed by atoms with van der Waals surface area (Å²) in [5, 5.41) is 8.85. The Labute approximate surface area is 132 Å². The maximum Gasteiger partial charge on any atom is 0.304 e. The van der Waals surface area contributed by atoms with E-state index in [1.807, 2.05) is 0 Å². The van der Waals surface area contributed by atoms with Gasteiger partial charge in [-0.2, -0.15) is 0 Å². The SMILES string of the molecule is O=C(O)CCN1CCC2C(CCCN2Cc2ccccc2)C1. The predicted octanol–water partition coefficient (Wildman–Crippen LogP) is 2.45. The Morgan fingerprint density at radius 3 is 2.77 bits per heavy atom. The van der Waals surface area contributed by atoms with Gasteiger partial charge < -0.3 is 10.0 Å². The number of nitrogens with zero attached hydrogens (tertiary/aromatic N) is 2. The number of benzene rings is 1. The molecule has 0 saturated carbocycles. The van der Waals surface area contributed by atoms with Crippen LogP contribution in [0.5, 0.6) is 0 Å². The molecule has 2 saturated heterocycles. The zero-order valence-electron chi connectivity index (χ0n) is 13.2. The molecule has 0 amide bonds. The van der Waals surface area contributed by atoms with Crippen molar-refractivity contribution in [3.05, 3.63) is 35.9 Å². The highest BCUT2D eigenvalue weighted by Crippen LogP contribution is 2.31. The molecule has 2 unspecified atom stereocenters. The first kappa shape index (κ1) is 15.5. The van der Waals surface area contributed by atoms with Crippen LogP contribution < -0.4 is 0 Å². The van der Waals surface area contributed by atoms with Crippen molar-refractivity contribution in [2.45, 2.75) is 38.3 Å². The Morgan fingerprint density at radius 2 is 2.00 bits per heavy atom. The molecule has 22 heavy (non-hydrogen) atoms. The van der Waals surface area contributed by atoms with E-state index in [4.69, 9.17) is 5.11 Å². The minimum absolute atomic E-state index is 0.269. The van der Waals surface area contributed by atoms with Crippen molar-refractivity contribution in [2.75, 3.05) is 26.2 Å². The lowest BCUT2D eigenvalue weighted by molar-refractivity contribution is -0.137. The van der Waals surface area contributed by atoms with Crippen molar-refractivity contribution < 1.29 is 9.90 Å². The molecule has 1 aromatic carbocycles. The molecule has 2 aliphatic rings. The molecule has 0 aromatic heterocycles. The van der Waals surface area contributed by atoms with Gasteiger partial charge in [0.05, 0.1) is 6.42 Å². The molecule has 1 aromatic rings. The molecule has 4 heteroatoms. The molecular formula is C18H26N2O2. The summed E-state index contributed by atoms with van der Waals surface area (Å²) in [5.74, 6) is 0.0245. The lowest BCUT2D eigenvalue weighted by Gasteiger charge is -2.47. The molecule has 0 spiro atoms. The summed E-state index contributed by atoms with van der Waals surface area (Å²) in [6.07, 6.45) is 4.00. The minimum atomic E-state index is -0.684. The molecule has 2 fully saturated rings. The van der Waals surface area contributed by atoms with Crippen LogP contribution in [0.25, 0.3) is 0 Å². The molecule has 0 aliphatic carbocycles. The second-order valence-electron chi connectivity index (χ2n) is 6.66. The molecule has 0 radical (unpaired) electrons. The van der Waals surface area contributed by atoms with Gasteiger partial charge in [-0.15, -0.1) is 0 Å². The van der Waals surface area contributed by atoms with E-state index in [1.165, 1.54) is 31.4 Å². The lowest BCUT2D eigenvalue weighted by atomic mass is 9.83. The van der Waals surface area contributed by atoms with Gasteiger partial charge in [0.1, 0.15) is 0 Å². The van der Waals surface area contributed by atoms with Crippen molar-refractivity contribution in [3.63, 3.8) is 0 Å². The number of rotatable bonds is 5. The summed E-state index contributed by atoms with van der Waals surface area (Å²) < 4.78 is 0. The van der Waals surface area contributed by atoms with E-state index in [9.17, 15) is 4.79 Å². The van der Waals surface area contributed by atoms with Gasteiger partial charge in [0.2, 0.25) is 0 Å². The Balaban J connectivity index is 1.57. The molecule has 3 rings (SSSR count). The van der Waals surface area contributed by atoms with Crippen LogP contribution in [0.3, 0.4) is 0 Å². The Morgan fingerprint density at radius 1 is 1.18 bits per heavy atom. The van der Waals surface area contributed by atoms with Gasteiger partial charge in [-0.25, -0.2) is 0 Å². The van der Waals surface area contributed by atoms with E-state index in [0.29, 0.717) is 18.5 Å². The standard InChI is InChI=1S/C18H26N2O2/c21-18(22)9-12-19-11-8-17-16(14-19)7-4-10-20(17)13-15-5-2-1-3-6-15/h1-3,5-6,16-17H,4,7-14H2,(H,21,22). The molecule has 2 heterocycles. The van der Waals surface area contributed by atoms with E-state index >= 15 is 0 Å². The quantitative estimate of drug-likeness (QED) is 0.907. The highest BCUT2D eigenvalue weighted by atomic mass is 16.4. The normalized spacial score (nSPS) is 26.5. The average Bonchev–Trinajstić information content (AvgIpc) is 2.54. The first-order chi connectivity index (χ1) is 10.7. The maximum absolute atomic E-state index is 10.7. The van der Waals surface area contributed by atoms with E-state index in [0.717, 1.165) is 19.6 Å².